The molecule has 1 saturated carbocycles. The van der Waals surface area contributed by atoms with Gasteiger partial charge in [-0.2, -0.15) is 0 Å². The molecule has 1 aliphatic carbocycles. The predicted octanol–water partition coefficient (Wildman–Crippen LogP) is -2.26. The third-order valence-electron chi connectivity index (χ3n) is 5.38. The number of amides is 1. The largest absolute Gasteiger partial charge is 1.00 e. The van der Waals surface area contributed by atoms with E-state index in [2.05, 4.69) is 0 Å². The van der Waals surface area contributed by atoms with Crippen LogP contribution in [0, 0.1) is 0 Å². The Hall–Kier alpha value is -1.14. The number of ether oxygens (including phenoxy) is 1. The Morgan fingerprint density at radius 1 is 1.15 bits per heavy atom. The number of aliphatic hydroxyl groups is 1. The van der Waals surface area contributed by atoms with E-state index >= 15 is 0 Å². The molecule has 0 aromatic heterocycles. The first-order valence-corrected chi connectivity index (χ1v) is 9.70. The molecular weight excluding hydrogens is 352 g/mol. The Balaban J connectivity index is 0.00000243. The Labute approximate surface area is 162 Å². The number of carbonyl (C=O) groups excluding carboxylic acids is 1. The van der Waals surface area contributed by atoms with E-state index in [0.29, 0.717) is 19.3 Å². The van der Waals surface area contributed by atoms with Gasteiger partial charge in [0, 0.05) is 5.56 Å². The Morgan fingerprint density at radius 3 is 2.46 bits per heavy atom. The highest BCUT2D eigenvalue weighted by atomic mass is 35.5. The van der Waals surface area contributed by atoms with Crippen molar-refractivity contribution in [3.05, 3.63) is 35.9 Å². The first kappa shape index (κ1) is 21.2. The van der Waals surface area contributed by atoms with Crippen LogP contribution in [0.2, 0.25) is 0 Å². The van der Waals surface area contributed by atoms with E-state index in [-0.39, 0.29) is 18.3 Å². The molecule has 1 aliphatic heterocycles. The van der Waals surface area contributed by atoms with Crippen molar-refractivity contribution in [2.45, 2.75) is 44.3 Å². The van der Waals surface area contributed by atoms with E-state index in [9.17, 15) is 9.90 Å². The summed E-state index contributed by atoms with van der Waals surface area (Å²) in [7, 11) is 0. The number of halogens is 1. The van der Waals surface area contributed by atoms with Gasteiger partial charge in [0.25, 0.3) is 5.91 Å². The molecule has 1 aromatic carbocycles. The number of carbonyl (C=O) groups is 1. The fourth-order valence-electron chi connectivity index (χ4n) is 3.86. The van der Waals surface area contributed by atoms with Crippen LogP contribution in [0.15, 0.2) is 30.3 Å². The lowest BCUT2D eigenvalue weighted by molar-refractivity contribution is -0.907. The maximum Gasteiger partial charge on any atom is 0.254 e. The average molecular weight is 383 g/mol. The van der Waals surface area contributed by atoms with Crippen molar-refractivity contribution in [2.75, 3.05) is 39.3 Å². The zero-order chi connectivity index (χ0) is 17.5. The lowest BCUT2D eigenvalue weighted by atomic mass is 9.98. The van der Waals surface area contributed by atoms with Crippen LogP contribution in [0.3, 0.4) is 0 Å². The number of hydrogen-bond donors (Lipinski definition) is 2. The van der Waals surface area contributed by atoms with Gasteiger partial charge in [0.2, 0.25) is 0 Å². The van der Waals surface area contributed by atoms with Gasteiger partial charge in [0.05, 0.1) is 38.9 Å². The van der Waals surface area contributed by atoms with Gasteiger partial charge in [-0.05, 0) is 25.0 Å². The molecule has 6 heteroatoms. The van der Waals surface area contributed by atoms with Gasteiger partial charge >= 0.3 is 0 Å². The first-order valence-electron chi connectivity index (χ1n) is 9.70. The third kappa shape index (κ3) is 6.23. The SMILES string of the molecule is O=C(c1ccccc1)N1CC[NH+](CC(O)COC2CCCCC2)CC1.[Cl-]. The maximum atomic E-state index is 12.5. The van der Waals surface area contributed by atoms with Crippen molar-refractivity contribution in [2.24, 2.45) is 0 Å². The molecule has 2 aliphatic rings. The zero-order valence-corrected chi connectivity index (χ0v) is 16.2. The smallest absolute Gasteiger partial charge is 0.254 e. The summed E-state index contributed by atoms with van der Waals surface area (Å²) in [5.41, 5.74) is 0.756. The Bertz CT molecular complexity index is 529. The minimum absolute atomic E-state index is 0. The van der Waals surface area contributed by atoms with E-state index in [1.807, 2.05) is 35.2 Å². The average Bonchev–Trinajstić information content (AvgIpc) is 2.68. The summed E-state index contributed by atoms with van der Waals surface area (Å²) in [4.78, 5) is 15.7. The van der Waals surface area contributed by atoms with E-state index in [1.54, 1.807) is 0 Å². The zero-order valence-electron chi connectivity index (χ0n) is 15.4. The number of quaternary nitrogens is 1. The lowest BCUT2D eigenvalue weighted by Crippen LogP contribution is -3.15. The van der Waals surface area contributed by atoms with Crippen molar-refractivity contribution in [1.29, 1.82) is 0 Å². The summed E-state index contributed by atoms with van der Waals surface area (Å²) >= 11 is 0. The van der Waals surface area contributed by atoms with Crippen LogP contribution in [-0.2, 0) is 4.74 Å². The second-order valence-electron chi connectivity index (χ2n) is 7.36. The van der Waals surface area contributed by atoms with E-state index in [4.69, 9.17) is 4.74 Å². The van der Waals surface area contributed by atoms with Gasteiger partial charge < -0.3 is 32.1 Å². The second kappa shape index (κ2) is 10.9. The minimum atomic E-state index is -0.409. The van der Waals surface area contributed by atoms with Gasteiger partial charge in [0.1, 0.15) is 12.6 Å². The van der Waals surface area contributed by atoms with Crippen molar-refractivity contribution < 1.29 is 31.9 Å². The molecule has 1 saturated heterocycles. The van der Waals surface area contributed by atoms with E-state index in [1.165, 1.54) is 24.2 Å². The summed E-state index contributed by atoms with van der Waals surface area (Å²) < 4.78 is 5.88. The third-order valence-corrected chi connectivity index (χ3v) is 5.38. The highest BCUT2D eigenvalue weighted by molar-refractivity contribution is 5.94. The molecule has 1 unspecified atom stereocenters. The summed E-state index contributed by atoms with van der Waals surface area (Å²) in [6, 6.07) is 9.46. The quantitative estimate of drug-likeness (QED) is 0.584. The summed E-state index contributed by atoms with van der Waals surface area (Å²) in [6.07, 6.45) is 6.04. The topological polar surface area (TPSA) is 54.2 Å². The molecule has 5 nitrogen and oxygen atoms in total. The van der Waals surface area contributed by atoms with Gasteiger partial charge in [-0.1, -0.05) is 37.5 Å². The molecule has 3 rings (SSSR count). The lowest BCUT2D eigenvalue weighted by Gasteiger charge is -2.33. The highest BCUT2D eigenvalue weighted by Gasteiger charge is 2.26. The number of aliphatic hydroxyl groups excluding tert-OH is 1. The van der Waals surface area contributed by atoms with Gasteiger partial charge in [-0.15, -0.1) is 0 Å². The predicted molar refractivity (Wildman–Crippen MR) is 96.7 cm³/mol. The standard InChI is InChI=1S/C20H30N2O3.ClH/c23-18(16-25-19-9-5-2-6-10-19)15-21-11-13-22(14-12-21)20(24)17-7-3-1-4-8-17;/h1,3-4,7-8,18-19,23H,2,5-6,9-16H2;1H. The Morgan fingerprint density at radius 2 is 1.81 bits per heavy atom. The van der Waals surface area contributed by atoms with E-state index in [0.717, 1.165) is 44.6 Å². The molecule has 26 heavy (non-hydrogen) atoms. The molecule has 1 aromatic rings. The number of nitrogens with zero attached hydrogens (tertiary/aromatic N) is 1. The summed E-state index contributed by atoms with van der Waals surface area (Å²) in [5, 5.41) is 10.3. The molecule has 1 amide bonds. The van der Waals surface area contributed by atoms with Crippen LogP contribution >= 0.6 is 0 Å². The molecule has 0 spiro atoms. The second-order valence-corrected chi connectivity index (χ2v) is 7.36. The van der Waals surface area contributed by atoms with Crippen molar-refractivity contribution in [3.63, 3.8) is 0 Å². The molecule has 146 valence electrons. The maximum absolute atomic E-state index is 12.5. The number of piperazine rings is 1. The van der Waals surface area contributed by atoms with Gasteiger partial charge in [0.15, 0.2) is 0 Å². The molecule has 1 heterocycles. The summed E-state index contributed by atoms with van der Waals surface area (Å²) in [6.45, 7) is 4.43. The van der Waals surface area contributed by atoms with Crippen LogP contribution < -0.4 is 17.3 Å². The van der Waals surface area contributed by atoms with E-state index < -0.39 is 6.10 Å². The first-order chi connectivity index (χ1) is 12.2. The van der Waals surface area contributed by atoms with Crippen molar-refractivity contribution in [1.82, 2.24) is 4.90 Å². The molecular formula is C20H31ClN2O3. The van der Waals surface area contributed by atoms with Crippen molar-refractivity contribution >= 4 is 5.91 Å². The minimum Gasteiger partial charge on any atom is -1.00 e. The van der Waals surface area contributed by atoms with Crippen molar-refractivity contribution in [3.8, 4) is 0 Å². The van der Waals surface area contributed by atoms with Gasteiger partial charge in [-0.25, -0.2) is 0 Å². The van der Waals surface area contributed by atoms with Crippen LogP contribution in [0.4, 0.5) is 0 Å². The molecule has 2 fully saturated rings. The van der Waals surface area contributed by atoms with Crippen LogP contribution in [0.5, 0.6) is 0 Å². The summed E-state index contributed by atoms with van der Waals surface area (Å²) in [5.74, 6) is 0.112. The highest BCUT2D eigenvalue weighted by Crippen LogP contribution is 2.20. The van der Waals surface area contributed by atoms with Crippen LogP contribution in [0.1, 0.15) is 42.5 Å². The Kier molecular flexibility index (Phi) is 8.85. The number of rotatable bonds is 6. The molecule has 0 bridgehead atoms. The molecule has 0 radical (unpaired) electrons. The fraction of sp³-hybridized carbons (Fsp3) is 0.650. The number of hydrogen-bond acceptors (Lipinski definition) is 3. The monoisotopic (exact) mass is 382 g/mol. The van der Waals surface area contributed by atoms with Gasteiger partial charge in [-0.3, -0.25) is 4.79 Å². The normalized spacial score (nSPS) is 20.4. The molecule has 1 atom stereocenters. The number of nitrogens with one attached hydrogen (secondary N) is 1. The van der Waals surface area contributed by atoms with Crippen LogP contribution in [-0.4, -0.2) is 67.5 Å². The number of benzene rings is 1. The fourth-order valence-corrected chi connectivity index (χ4v) is 3.86. The molecule has 2 N–H and O–H groups in total. The van der Waals surface area contributed by atoms with Crippen LogP contribution in [0.25, 0.3) is 0 Å².